The van der Waals surface area contributed by atoms with Crippen molar-refractivity contribution in [3.8, 4) is 0 Å². The molecule has 0 amide bonds. The van der Waals surface area contributed by atoms with E-state index in [0.29, 0.717) is 6.42 Å². The molecular weight excluding hydrogens is 312 g/mol. The quantitative estimate of drug-likeness (QED) is 0.0924. The highest BCUT2D eigenvalue weighted by atomic mass is 16.5. The average molecular weight is 353 g/mol. The van der Waals surface area contributed by atoms with Gasteiger partial charge in [0.2, 0.25) is 0 Å². The molecule has 0 fully saturated rings. The van der Waals surface area contributed by atoms with Crippen molar-refractivity contribution in [2.24, 2.45) is 0 Å². The molecule has 0 unspecified atom stereocenters. The zero-order chi connectivity index (χ0) is 18.8. The predicted octanol–water partition coefficient (Wildman–Crippen LogP) is 6.55. The maximum absolute atomic E-state index is 11.7. The molecular formula is C22H40O3. The standard InChI is InChI=1S/C22H40O3/c1-4-5-6-7-8-9-10-11-12-13-14-15-16-17-18-19-21(23)20(2)22(24)25-3/h2,4-19H2,1,3H3. The summed E-state index contributed by atoms with van der Waals surface area (Å²) < 4.78 is 4.50. The van der Waals surface area contributed by atoms with Crippen molar-refractivity contribution in [3.63, 3.8) is 0 Å². The molecule has 0 saturated carbocycles. The van der Waals surface area contributed by atoms with Gasteiger partial charge in [0, 0.05) is 6.42 Å². The third-order valence-electron chi connectivity index (χ3n) is 4.78. The number of hydrogen-bond donors (Lipinski definition) is 0. The summed E-state index contributed by atoms with van der Waals surface area (Å²) in [5.74, 6) is -0.785. The smallest absolute Gasteiger partial charge is 0.340 e. The van der Waals surface area contributed by atoms with E-state index in [9.17, 15) is 9.59 Å². The van der Waals surface area contributed by atoms with Gasteiger partial charge in [-0.3, -0.25) is 4.79 Å². The molecule has 0 aliphatic heterocycles. The van der Waals surface area contributed by atoms with Crippen LogP contribution in [0.3, 0.4) is 0 Å². The number of hydrogen-bond acceptors (Lipinski definition) is 3. The Hall–Kier alpha value is -1.12. The molecule has 0 spiro atoms. The first kappa shape index (κ1) is 23.9. The minimum absolute atomic E-state index is 0.0205. The summed E-state index contributed by atoms with van der Waals surface area (Å²) >= 11 is 0. The number of unbranched alkanes of at least 4 members (excludes halogenated alkanes) is 14. The number of rotatable bonds is 18. The van der Waals surface area contributed by atoms with Crippen molar-refractivity contribution in [1.29, 1.82) is 0 Å². The van der Waals surface area contributed by atoms with E-state index in [-0.39, 0.29) is 11.4 Å². The van der Waals surface area contributed by atoms with E-state index >= 15 is 0 Å². The topological polar surface area (TPSA) is 43.4 Å². The van der Waals surface area contributed by atoms with E-state index in [1.165, 1.54) is 90.6 Å². The Labute approximate surface area is 155 Å². The van der Waals surface area contributed by atoms with Crippen molar-refractivity contribution >= 4 is 11.8 Å². The molecule has 25 heavy (non-hydrogen) atoms. The Kier molecular flexibility index (Phi) is 16.9. The lowest BCUT2D eigenvalue weighted by atomic mass is 10.0. The first-order valence-corrected chi connectivity index (χ1v) is 10.4. The Morgan fingerprint density at radius 2 is 1.04 bits per heavy atom. The highest BCUT2D eigenvalue weighted by Crippen LogP contribution is 2.14. The Morgan fingerprint density at radius 1 is 0.680 bits per heavy atom. The Morgan fingerprint density at radius 3 is 1.40 bits per heavy atom. The molecule has 0 radical (unpaired) electrons. The van der Waals surface area contributed by atoms with Gasteiger partial charge in [-0.15, -0.1) is 0 Å². The van der Waals surface area contributed by atoms with Gasteiger partial charge in [-0.1, -0.05) is 103 Å². The molecule has 0 N–H and O–H groups in total. The molecule has 0 bridgehead atoms. The van der Waals surface area contributed by atoms with E-state index in [2.05, 4.69) is 18.2 Å². The van der Waals surface area contributed by atoms with Gasteiger partial charge in [0.25, 0.3) is 0 Å². The molecule has 0 aliphatic carbocycles. The maximum Gasteiger partial charge on any atom is 0.340 e. The fourth-order valence-corrected chi connectivity index (χ4v) is 3.04. The second kappa shape index (κ2) is 17.7. The van der Waals surface area contributed by atoms with Crippen molar-refractivity contribution in [3.05, 3.63) is 12.2 Å². The molecule has 0 aliphatic rings. The largest absolute Gasteiger partial charge is 0.465 e. The number of methoxy groups -OCH3 is 1. The molecule has 0 aromatic rings. The summed E-state index contributed by atoms with van der Waals surface area (Å²) in [4.78, 5) is 22.8. The lowest BCUT2D eigenvalue weighted by Crippen LogP contribution is -2.13. The molecule has 3 nitrogen and oxygen atoms in total. The van der Waals surface area contributed by atoms with Crippen LogP contribution in [0, 0.1) is 0 Å². The second-order valence-corrected chi connectivity index (χ2v) is 7.09. The van der Waals surface area contributed by atoms with Crippen molar-refractivity contribution < 1.29 is 14.3 Å². The maximum atomic E-state index is 11.7. The highest BCUT2D eigenvalue weighted by Gasteiger charge is 2.15. The lowest BCUT2D eigenvalue weighted by Gasteiger charge is -2.04. The van der Waals surface area contributed by atoms with Gasteiger partial charge in [-0.2, -0.15) is 0 Å². The van der Waals surface area contributed by atoms with E-state index in [0.717, 1.165) is 12.8 Å². The van der Waals surface area contributed by atoms with Crippen LogP contribution in [0.15, 0.2) is 12.2 Å². The highest BCUT2D eigenvalue weighted by molar-refractivity contribution is 6.16. The minimum Gasteiger partial charge on any atom is -0.465 e. The zero-order valence-corrected chi connectivity index (χ0v) is 16.7. The van der Waals surface area contributed by atoms with Crippen molar-refractivity contribution in [1.82, 2.24) is 0 Å². The first-order valence-electron chi connectivity index (χ1n) is 10.4. The van der Waals surface area contributed by atoms with Crippen molar-refractivity contribution in [2.45, 2.75) is 110 Å². The Balaban J connectivity index is 3.25. The molecule has 0 aromatic carbocycles. The van der Waals surface area contributed by atoms with Gasteiger partial charge in [-0.05, 0) is 6.42 Å². The van der Waals surface area contributed by atoms with Crippen LogP contribution in [0.2, 0.25) is 0 Å². The van der Waals surface area contributed by atoms with Crippen LogP contribution in [-0.2, 0) is 14.3 Å². The number of ether oxygens (including phenoxy) is 1. The van der Waals surface area contributed by atoms with Gasteiger partial charge >= 0.3 is 5.97 Å². The first-order chi connectivity index (χ1) is 12.1. The van der Waals surface area contributed by atoms with Gasteiger partial charge in [0.05, 0.1) is 12.7 Å². The lowest BCUT2D eigenvalue weighted by molar-refractivity contribution is -0.137. The van der Waals surface area contributed by atoms with Crippen LogP contribution >= 0.6 is 0 Å². The Bertz CT molecular complexity index is 360. The number of carbonyl (C=O) groups excluding carboxylic acids is 2. The fraction of sp³-hybridized carbons (Fsp3) is 0.818. The van der Waals surface area contributed by atoms with Gasteiger partial charge in [-0.25, -0.2) is 4.79 Å². The van der Waals surface area contributed by atoms with Crippen LogP contribution in [0.25, 0.3) is 0 Å². The normalized spacial score (nSPS) is 10.6. The summed E-state index contributed by atoms with van der Waals surface area (Å²) in [5, 5.41) is 0. The zero-order valence-electron chi connectivity index (χ0n) is 16.7. The van der Waals surface area contributed by atoms with E-state index in [1.807, 2.05) is 0 Å². The van der Waals surface area contributed by atoms with Gasteiger partial charge in [0.15, 0.2) is 5.78 Å². The molecule has 3 heteroatoms. The van der Waals surface area contributed by atoms with Crippen LogP contribution in [0.5, 0.6) is 0 Å². The molecule has 0 aromatic heterocycles. The van der Waals surface area contributed by atoms with Crippen LogP contribution in [0.1, 0.15) is 110 Å². The SMILES string of the molecule is C=C(C(=O)CCCCCCCCCCCCCCCCC)C(=O)OC. The third-order valence-corrected chi connectivity index (χ3v) is 4.78. The van der Waals surface area contributed by atoms with Crippen LogP contribution in [0.4, 0.5) is 0 Å². The van der Waals surface area contributed by atoms with Crippen molar-refractivity contribution in [2.75, 3.05) is 7.11 Å². The number of Topliss-reactive ketones (excluding diaryl/α,β-unsaturated/α-hetero) is 1. The number of ketones is 1. The number of carbonyl (C=O) groups is 2. The summed E-state index contributed by atoms with van der Waals surface area (Å²) in [5.41, 5.74) is -0.0205. The second-order valence-electron chi connectivity index (χ2n) is 7.09. The molecule has 0 rings (SSSR count). The molecule has 146 valence electrons. The monoisotopic (exact) mass is 352 g/mol. The van der Waals surface area contributed by atoms with Crippen LogP contribution in [-0.4, -0.2) is 18.9 Å². The van der Waals surface area contributed by atoms with Gasteiger partial charge in [0.1, 0.15) is 0 Å². The summed E-state index contributed by atoms with van der Waals surface area (Å²) in [7, 11) is 1.27. The molecule has 0 atom stereocenters. The summed E-state index contributed by atoms with van der Waals surface area (Å²) in [6.07, 6.45) is 19.9. The summed E-state index contributed by atoms with van der Waals surface area (Å²) in [6.45, 7) is 5.76. The molecule has 0 heterocycles. The van der Waals surface area contributed by atoms with Gasteiger partial charge < -0.3 is 4.74 Å². The van der Waals surface area contributed by atoms with E-state index in [4.69, 9.17) is 0 Å². The third kappa shape index (κ3) is 14.9. The fourth-order valence-electron chi connectivity index (χ4n) is 3.04. The van der Waals surface area contributed by atoms with E-state index < -0.39 is 5.97 Å². The minimum atomic E-state index is -0.606. The van der Waals surface area contributed by atoms with E-state index in [1.54, 1.807) is 0 Å². The van der Waals surface area contributed by atoms with Crippen LogP contribution < -0.4 is 0 Å². The number of esters is 1. The molecule has 0 saturated heterocycles. The predicted molar refractivity (Wildman–Crippen MR) is 106 cm³/mol. The summed E-state index contributed by atoms with van der Waals surface area (Å²) in [6, 6.07) is 0. The average Bonchev–Trinajstić information content (AvgIpc) is 2.63.